The van der Waals surface area contributed by atoms with Gasteiger partial charge in [0.25, 0.3) is 5.91 Å². The molecule has 1 N–H and O–H groups in total. The Morgan fingerprint density at radius 3 is 2.25 bits per heavy atom. The lowest BCUT2D eigenvalue weighted by molar-refractivity contribution is -0.197. The summed E-state index contributed by atoms with van der Waals surface area (Å²) >= 11 is 0. The average molecular weight is 183 g/mol. The molecule has 1 aliphatic rings. The molecule has 0 spiro atoms. The van der Waals surface area contributed by atoms with Gasteiger partial charge >= 0.3 is 6.18 Å². The fraction of sp³-hybridized carbons (Fsp3) is 0.833. The lowest BCUT2D eigenvalue weighted by Crippen LogP contribution is -2.40. The molecular formula is C6H8F3NO2. The van der Waals surface area contributed by atoms with Crippen LogP contribution in [0.3, 0.4) is 0 Å². The second-order valence-electron chi connectivity index (χ2n) is 2.72. The monoisotopic (exact) mass is 183 g/mol. The van der Waals surface area contributed by atoms with Crippen LogP contribution in [0.15, 0.2) is 0 Å². The molecule has 6 heteroatoms. The standard InChI is InChI=1S/C6H8F3NO2/c1-12-10-4(11)5(2-3-5)6(7,8)9/h2-3H2,1H3,(H,10,11). The van der Waals surface area contributed by atoms with E-state index in [1.54, 1.807) is 5.48 Å². The van der Waals surface area contributed by atoms with Crippen molar-refractivity contribution in [3.63, 3.8) is 0 Å². The smallest absolute Gasteiger partial charge is 0.277 e. The Morgan fingerprint density at radius 1 is 1.50 bits per heavy atom. The van der Waals surface area contributed by atoms with E-state index in [-0.39, 0.29) is 12.8 Å². The minimum Gasteiger partial charge on any atom is -0.277 e. The lowest BCUT2D eigenvalue weighted by atomic mass is 10.1. The van der Waals surface area contributed by atoms with Crippen molar-refractivity contribution in [2.45, 2.75) is 19.0 Å². The molecular weight excluding hydrogens is 175 g/mol. The van der Waals surface area contributed by atoms with E-state index in [2.05, 4.69) is 4.84 Å². The van der Waals surface area contributed by atoms with E-state index in [1.807, 2.05) is 0 Å². The van der Waals surface area contributed by atoms with Gasteiger partial charge in [0.05, 0.1) is 7.11 Å². The van der Waals surface area contributed by atoms with Crippen LogP contribution < -0.4 is 5.48 Å². The van der Waals surface area contributed by atoms with E-state index >= 15 is 0 Å². The van der Waals surface area contributed by atoms with Crippen molar-refractivity contribution in [1.29, 1.82) is 0 Å². The van der Waals surface area contributed by atoms with Gasteiger partial charge in [0.2, 0.25) is 0 Å². The van der Waals surface area contributed by atoms with E-state index in [1.165, 1.54) is 0 Å². The molecule has 0 heterocycles. The van der Waals surface area contributed by atoms with Crippen molar-refractivity contribution in [3.05, 3.63) is 0 Å². The van der Waals surface area contributed by atoms with Gasteiger partial charge < -0.3 is 0 Å². The van der Waals surface area contributed by atoms with Crippen LogP contribution in [0.25, 0.3) is 0 Å². The van der Waals surface area contributed by atoms with E-state index in [9.17, 15) is 18.0 Å². The Labute approximate surface area is 66.8 Å². The molecule has 1 saturated carbocycles. The number of carbonyl (C=O) groups excluding carboxylic acids is 1. The number of nitrogens with one attached hydrogen (secondary N) is 1. The molecule has 0 aliphatic heterocycles. The number of carbonyl (C=O) groups is 1. The quantitative estimate of drug-likeness (QED) is 0.648. The van der Waals surface area contributed by atoms with Gasteiger partial charge in [-0.3, -0.25) is 9.63 Å². The zero-order valence-electron chi connectivity index (χ0n) is 6.36. The zero-order valence-corrected chi connectivity index (χ0v) is 6.36. The summed E-state index contributed by atoms with van der Waals surface area (Å²) in [5.74, 6) is -1.10. The summed E-state index contributed by atoms with van der Waals surface area (Å²) in [6.07, 6.45) is -4.76. The third-order valence-corrected chi connectivity index (χ3v) is 1.92. The van der Waals surface area contributed by atoms with E-state index in [0.29, 0.717) is 0 Å². The maximum absolute atomic E-state index is 12.2. The predicted molar refractivity (Wildman–Crippen MR) is 32.9 cm³/mol. The summed E-state index contributed by atoms with van der Waals surface area (Å²) in [5, 5.41) is 0. The first-order valence-corrected chi connectivity index (χ1v) is 3.34. The maximum Gasteiger partial charge on any atom is 0.403 e. The minimum absolute atomic E-state index is 0.147. The van der Waals surface area contributed by atoms with Crippen LogP contribution in [-0.2, 0) is 9.63 Å². The minimum atomic E-state index is -4.46. The highest BCUT2D eigenvalue weighted by molar-refractivity contribution is 5.85. The van der Waals surface area contributed by atoms with Crippen LogP contribution in [-0.4, -0.2) is 19.2 Å². The van der Waals surface area contributed by atoms with Crippen molar-refractivity contribution >= 4 is 5.91 Å². The first kappa shape index (κ1) is 9.31. The van der Waals surface area contributed by atoms with Crippen LogP contribution in [0.5, 0.6) is 0 Å². The summed E-state index contributed by atoms with van der Waals surface area (Å²) < 4.78 is 36.5. The van der Waals surface area contributed by atoms with Crippen LogP contribution in [0, 0.1) is 5.41 Å². The Kier molecular flexibility index (Phi) is 2.03. The second-order valence-corrected chi connectivity index (χ2v) is 2.72. The SMILES string of the molecule is CONC(=O)C1(C(F)(F)F)CC1. The Balaban J connectivity index is 2.67. The highest BCUT2D eigenvalue weighted by atomic mass is 19.4. The van der Waals surface area contributed by atoms with Gasteiger partial charge in [-0.15, -0.1) is 0 Å². The lowest BCUT2D eigenvalue weighted by Gasteiger charge is -2.17. The number of hydroxylamine groups is 1. The number of rotatable bonds is 2. The molecule has 1 amide bonds. The van der Waals surface area contributed by atoms with Crippen LogP contribution in [0.2, 0.25) is 0 Å². The normalized spacial score (nSPS) is 20.3. The molecule has 70 valence electrons. The highest BCUT2D eigenvalue weighted by Crippen LogP contribution is 2.57. The number of hydrogen-bond donors (Lipinski definition) is 1. The summed E-state index contributed by atoms with van der Waals surface area (Å²) in [6, 6.07) is 0. The molecule has 3 nitrogen and oxygen atoms in total. The summed E-state index contributed by atoms with van der Waals surface area (Å²) in [7, 11) is 1.10. The van der Waals surface area contributed by atoms with Gasteiger partial charge in [0.1, 0.15) is 5.41 Å². The molecule has 0 saturated heterocycles. The molecule has 12 heavy (non-hydrogen) atoms. The number of hydrogen-bond acceptors (Lipinski definition) is 2. The van der Waals surface area contributed by atoms with E-state index in [0.717, 1.165) is 7.11 Å². The molecule has 0 bridgehead atoms. The van der Waals surface area contributed by atoms with Gasteiger partial charge in [-0.2, -0.15) is 13.2 Å². The van der Waals surface area contributed by atoms with Gasteiger partial charge in [0, 0.05) is 0 Å². The summed E-state index contributed by atoms with van der Waals surface area (Å²) in [4.78, 5) is 14.9. The largest absolute Gasteiger partial charge is 0.403 e. The molecule has 1 aliphatic carbocycles. The van der Waals surface area contributed by atoms with Gasteiger partial charge in [-0.05, 0) is 12.8 Å². The van der Waals surface area contributed by atoms with Crippen molar-refractivity contribution in [3.8, 4) is 0 Å². The maximum atomic E-state index is 12.2. The Hall–Kier alpha value is -0.780. The molecule has 0 atom stereocenters. The molecule has 0 aromatic carbocycles. The first-order valence-electron chi connectivity index (χ1n) is 3.34. The third kappa shape index (κ3) is 1.26. The number of alkyl halides is 3. The van der Waals surface area contributed by atoms with Crippen molar-refractivity contribution < 1.29 is 22.8 Å². The van der Waals surface area contributed by atoms with Crippen LogP contribution >= 0.6 is 0 Å². The van der Waals surface area contributed by atoms with Crippen LogP contribution in [0.4, 0.5) is 13.2 Å². The van der Waals surface area contributed by atoms with Gasteiger partial charge in [-0.1, -0.05) is 0 Å². The van der Waals surface area contributed by atoms with E-state index < -0.39 is 17.5 Å². The fourth-order valence-corrected chi connectivity index (χ4v) is 0.955. The number of halogens is 3. The molecule has 1 fully saturated rings. The molecule has 0 aromatic rings. The topological polar surface area (TPSA) is 38.3 Å². The van der Waals surface area contributed by atoms with Gasteiger partial charge in [-0.25, -0.2) is 5.48 Å². The first-order chi connectivity index (χ1) is 5.44. The zero-order chi connectivity index (χ0) is 9.41. The average Bonchev–Trinajstić information content (AvgIpc) is 2.63. The van der Waals surface area contributed by atoms with Crippen molar-refractivity contribution in [2.24, 2.45) is 5.41 Å². The predicted octanol–water partition coefficient (Wildman–Crippen LogP) is 1.01. The molecule has 1 rings (SSSR count). The summed E-state index contributed by atoms with van der Waals surface area (Å²) in [6.45, 7) is 0. The van der Waals surface area contributed by atoms with Crippen molar-refractivity contribution in [1.82, 2.24) is 5.48 Å². The third-order valence-electron chi connectivity index (χ3n) is 1.92. The second kappa shape index (κ2) is 2.62. The Bertz CT molecular complexity index is 197. The molecule has 0 radical (unpaired) electrons. The van der Waals surface area contributed by atoms with Crippen molar-refractivity contribution in [2.75, 3.05) is 7.11 Å². The van der Waals surface area contributed by atoms with Crippen LogP contribution in [0.1, 0.15) is 12.8 Å². The van der Waals surface area contributed by atoms with E-state index in [4.69, 9.17) is 0 Å². The fourth-order valence-electron chi connectivity index (χ4n) is 0.955. The Morgan fingerprint density at radius 2 is 2.00 bits per heavy atom. The highest BCUT2D eigenvalue weighted by Gasteiger charge is 2.68. The molecule has 0 aromatic heterocycles. The molecule has 0 unspecified atom stereocenters. The number of amides is 1. The van der Waals surface area contributed by atoms with Gasteiger partial charge in [0.15, 0.2) is 0 Å². The summed E-state index contributed by atoms with van der Waals surface area (Å²) in [5.41, 5.74) is -0.482.